The van der Waals surface area contributed by atoms with Crippen LogP contribution in [-0.4, -0.2) is 33.4 Å². The third-order valence-corrected chi connectivity index (χ3v) is 4.29. The van der Waals surface area contributed by atoms with E-state index in [0.29, 0.717) is 11.4 Å². The van der Waals surface area contributed by atoms with Crippen molar-refractivity contribution < 1.29 is 19.5 Å². The van der Waals surface area contributed by atoms with Crippen molar-refractivity contribution in [1.82, 2.24) is 15.3 Å². The van der Waals surface area contributed by atoms with Crippen molar-refractivity contribution in [3.8, 4) is 16.9 Å². The molecule has 2 aromatic carbocycles. The van der Waals surface area contributed by atoms with Gasteiger partial charge in [-0.3, -0.25) is 19.2 Å². The van der Waals surface area contributed by atoms with Gasteiger partial charge in [-0.2, -0.15) is 5.10 Å². The number of aliphatic carboxylic acids is 1. The Hall–Kier alpha value is -3.78. The van der Waals surface area contributed by atoms with E-state index in [9.17, 15) is 14.4 Å². The zero-order valence-electron chi connectivity index (χ0n) is 16.4. The van der Waals surface area contributed by atoms with Crippen LogP contribution in [0.15, 0.2) is 65.5 Å². The minimum absolute atomic E-state index is 0.00624. The number of carbonyl (C=O) groups is 2. The Morgan fingerprint density at radius 2 is 1.80 bits per heavy atom. The maximum atomic E-state index is 12.6. The molecule has 3 aromatic rings. The van der Waals surface area contributed by atoms with Crippen molar-refractivity contribution in [2.45, 2.75) is 19.8 Å². The fourth-order valence-electron chi connectivity index (χ4n) is 2.77. The van der Waals surface area contributed by atoms with E-state index in [0.717, 1.165) is 11.1 Å². The number of hydroxylamine groups is 1. The van der Waals surface area contributed by atoms with E-state index in [1.807, 2.05) is 61.5 Å². The van der Waals surface area contributed by atoms with Crippen LogP contribution in [0.4, 0.5) is 0 Å². The van der Waals surface area contributed by atoms with Crippen LogP contribution in [0.1, 0.15) is 28.9 Å². The monoisotopic (exact) mass is 407 g/mol. The average Bonchev–Trinajstić information content (AvgIpc) is 2.74. The first-order valence-electron chi connectivity index (χ1n) is 9.36. The molecule has 0 atom stereocenters. The summed E-state index contributed by atoms with van der Waals surface area (Å²) >= 11 is 0. The molecule has 0 saturated carbocycles. The molecule has 2 N–H and O–H groups in total. The number of carbonyl (C=O) groups excluding carboxylic acids is 1. The molecule has 0 aliphatic carbocycles. The van der Waals surface area contributed by atoms with Crippen LogP contribution >= 0.6 is 0 Å². The number of benzene rings is 2. The Balaban J connectivity index is 1.93. The molecule has 0 aliphatic heterocycles. The molecule has 1 aromatic heterocycles. The van der Waals surface area contributed by atoms with Crippen molar-refractivity contribution in [3.63, 3.8) is 0 Å². The summed E-state index contributed by atoms with van der Waals surface area (Å²) in [4.78, 5) is 40.5. The fraction of sp³-hybridized carbons (Fsp3) is 0.182. The van der Waals surface area contributed by atoms with Gasteiger partial charge in [0.1, 0.15) is 0 Å². The third kappa shape index (κ3) is 5.18. The Morgan fingerprint density at radius 3 is 2.47 bits per heavy atom. The molecule has 8 nitrogen and oxygen atoms in total. The van der Waals surface area contributed by atoms with Gasteiger partial charge < -0.3 is 5.11 Å². The molecule has 0 aliphatic rings. The standard InChI is InChI=1S/C22H21N3O5/c1-15-9-11-17(12-10-15)25-18(16-6-3-2-4-7-16)14-19(26)21(23-25)22(29)24-30-13-5-8-20(27)28/h2-4,6-7,9-12,14H,5,8,13H2,1H3,(H,24,29)(H,27,28). The Labute approximate surface area is 172 Å². The van der Waals surface area contributed by atoms with E-state index in [-0.39, 0.29) is 25.1 Å². The van der Waals surface area contributed by atoms with Gasteiger partial charge in [-0.15, -0.1) is 0 Å². The summed E-state index contributed by atoms with van der Waals surface area (Å²) in [6.45, 7) is 1.97. The second-order valence-electron chi connectivity index (χ2n) is 6.63. The van der Waals surface area contributed by atoms with Crippen molar-refractivity contribution >= 4 is 11.9 Å². The van der Waals surface area contributed by atoms with Crippen molar-refractivity contribution in [2.75, 3.05) is 6.61 Å². The maximum absolute atomic E-state index is 12.6. The second-order valence-corrected chi connectivity index (χ2v) is 6.63. The van der Waals surface area contributed by atoms with E-state index in [1.165, 1.54) is 10.7 Å². The first-order valence-corrected chi connectivity index (χ1v) is 9.36. The maximum Gasteiger partial charge on any atom is 0.303 e. The van der Waals surface area contributed by atoms with Crippen LogP contribution < -0.4 is 10.9 Å². The quantitative estimate of drug-likeness (QED) is 0.439. The molecule has 0 radical (unpaired) electrons. The van der Waals surface area contributed by atoms with E-state index in [1.54, 1.807) is 0 Å². The SMILES string of the molecule is Cc1ccc(-n2nc(C(=O)NOCCCC(=O)O)c(=O)cc2-c2ccccc2)cc1. The predicted molar refractivity (Wildman–Crippen MR) is 110 cm³/mol. The summed E-state index contributed by atoms with van der Waals surface area (Å²) in [5, 5.41) is 12.9. The number of rotatable bonds is 8. The smallest absolute Gasteiger partial charge is 0.303 e. The van der Waals surface area contributed by atoms with Crippen LogP contribution in [0.3, 0.4) is 0 Å². The van der Waals surface area contributed by atoms with Crippen LogP contribution in [0.2, 0.25) is 0 Å². The number of hydrogen-bond donors (Lipinski definition) is 2. The van der Waals surface area contributed by atoms with Gasteiger partial charge in [0.25, 0.3) is 5.91 Å². The summed E-state index contributed by atoms with van der Waals surface area (Å²) in [6, 6.07) is 18.2. The normalized spacial score (nSPS) is 10.6. The summed E-state index contributed by atoms with van der Waals surface area (Å²) in [5.41, 5.74) is 4.35. The molecule has 3 rings (SSSR count). The van der Waals surface area contributed by atoms with Crippen molar-refractivity contribution in [3.05, 3.63) is 82.1 Å². The average molecular weight is 407 g/mol. The topological polar surface area (TPSA) is 111 Å². The van der Waals surface area contributed by atoms with Crippen LogP contribution in [0.25, 0.3) is 16.9 Å². The first kappa shape index (κ1) is 20.9. The number of hydrogen-bond acceptors (Lipinski definition) is 5. The first-order chi connectivity index (χ1) is 14.5. The number of aryl methyl sites for hydroxylation is 1. The Kier molecular flexibility index (Phi) is 6.71. The lowest BCUT2D eigenvalue weighted by Gasteiger charge is -2.14. The number of nitrogens with zero attached hydrogens (tertiary/aromatic N) is 2. The lowest BCUT2D eigenvalue weighted by Crippen LogP contribution is -2.32. The molecule has 154 valence electrons. The molecule has 30 heavy (non-hydrogen) atoms. The Bertz CT molecular complexity index is 1090. The highest BCUT2D eigenvalue weighted by Crippen LogP contribution is 2.21. The third-order valence-electron chi connectivity index (χ3n) is 4.29. The van der Waals surface area contributed by atoms with Crippen LogP contribution in [0, 0.1) is 6.92 Å². The number of carboxylic acids is 1. The highest BCUT2D eigenvalue weighted by molar-refractivity contribution is 5.91. The highest BCUT2D eigenvalue weighted by atomic mass is 16.6. The molecule has 1 amide bonds. The number of nitrogens with one attached hydrogen (secondary N) is 1. The molecular formula is C22H21N3O5. The molecule has 0 saturated heterocycles. The van der Waals surface area contributed by atoms with Gasteiger partial charge in [-0.1, -0.05) is 48.0 Å². The second kappa shape index (κ2) is 9.62. The molecule has 0 bridgehead atoms. The summed E-state index contributed by atoms with van der Waals surface area (Å²) in [6.07, 6.45) is 0.143. The molecule has 0 spiro atoms. The van der Waals surface area contributed by atoms with Gasteiger partial charge >= 0.3 is 5.97 Å². The minimum atomic E-state index is -0.955. The van der Waals surface area contributed by atoms with E-state index in [2.05, 4.69) is 10.6 Å². The van der Waals surface area contributed by atoms with Crippen LogP contribution in [0.5, 0.6) is 0 Å². The molecule has 8 heteroatoms. The minimum Gasteiger partial charge on any atom is -0.481 e. The molecular weight excluding hydrogens is 386 g/mol. The van der Waals surface area contributed by atoms with Gasteiger partial charge in [0.2, 0.25) is 5.43 Å². The van der Waals surface area contributed by atoms with Gasteiger partial charge in [-0.25, -0.2) is 10.2 Å². The fourth-order valence-corrected chi connectivity index (χ4v) is 2.77. The van der Waals surface area contributed by atoms with Crippen molar-refractivity contribution in [2.24, 2.45) is 0 Å². The summed E-state index contributed by atoms with van der Waals surface area (Å²) in [5.74, 6) is -1.75. The zero-order chi connectivity index (χ0) is 21.5. The van der Waals surface area contributed by atoms with E-state index in [4.69, 9.17) is 9.94 Å². The lowest BCUT2D eigenvalue weighted by atomic mass is 10.1. The van der Waals surface area contributed by atoms with E-state index < -0.39 is 17.3 Å². The number of carboxylic acid groups (broad SMARTS) is 1. The summed E-state index contributed by atoms with van der Waals surface area (Å²) in [7, 11) is 0. The largest absolute Gasteiger partial charge is 0.481 e. The van der Waals surface area contributed by atoms with Gasteiger partial charge in [0.15, 0.2) is 5.69 Å². The Morgan fingerprint density at radius 1 is 1.10 bits per heavy atom. The number of amides is 1. The van der Waals surface area contributed by atoms with Crippen molar-refractivity contribution in [1.29, 1.82) is 0 Å². The van der Waals surface area contributed by atoms with Gasteiger partial charge in [-0.05, 0) is 25.5 Å². The molecule has 1 heterocycles. The van der Waals surface area contributed by atoms with E-state index >= 15 is 0 Å². The van der Waals surface area contributed by atoms with Crippen LogP contribution in [-0.2, 0) is 9.63 Å². The highest BCUT2D eigenvalue weighted by Gasteiger charge is 2.18. The summed E-state index contributed by atoms with van der Waals surface area (Å²) < 4.78 is 1.54. The zero-order valence-corrected chi connectivity index (χ0v) is 16.4. The predicted octanol–water partition coefficient (Wildman–Crippen LogP) is 2.73. The van der Waals surface area contributed by atoms with Gasteiger partial charge in [0, 0.05) is 18.1 Å². The molecule has 0 unspecified atom stereocenters. The lowest BCUT2D eigenvalue weighted by molar-refractivity contribution is -0.137. The number of aromatic nitrogens is 2. The van der Waals surface area contributed by atoms with Gasteiger partial charge in [0.05, 0.1) is 18.0 Å². The molecule has 0 fully saturated rings.